The van der Waals surface area contributed by atoms with E-state index in [-0.39, 0.29) is 30.6 Å². The molecule has 1 fully saturated rings. The molecule has 0 aromatic heterocycles. The largest absolute Gasteiger partial charge is 0.477 e. The molecule has 1 amide bonds. The maximum atomic E-state index is 11.6. The van der Waals surface area contributed by atoms with E-state index in [1.807, 2.05) is 0 Å². The molecule has 0 aromatic carbocycles. The first kappa shape index (κ1) is 12.0. The van der Waals surface area contributed by atoms with Crippen molar-refractivity contribution in [3.8, 4) is 0 Å². The quantitative estimate of drug-likeness (QED) is 0.781. The smallest absolute Gasteiger partial charge is 0.352 e. The summed E-state index contributed by atoms with van der Waals surface area (Å²) < 4.78 is 5.45. The van der Waals surface area contributed by atoms with Crippen molar-refractivity contribution >= 4 is 17.6 Å². The van der Waals surface area contributed by atoms with Gasteiger partial charge in [-0.15, -0.1) is 0 Å². The fourth-order valence-corrected chi connectivity index (χ4v) is 2.07. The van der Waals surface area contributed by atoms with Gasteiger partial charge < -0.3 is 9.84 Å². The van der Waals surface area contributed by atoms with E-state index in [0.717, 1.165) is 25.9 Å². The maximum Gasteiger partial charge on any atom is 0.352 e. The number of aliphatic carboxylic acids is 1. The zero-order valence-corrected chi connectivity index (χ0v) is 9.59. The van der Waals surface area contributed by atoms with Crippen molar-refractivity contribution < 1.29 is 19.4 Å². The third-order valence-electron chi connectivity index (χ3n) is 3.04. The summed E-state index contributed by atoms with van der Waals surface area (Å²) in [6.07, 6.45) is 3.44. The molecule has 0 aliphatic carbocycles. The topological polar surface area (TPSA) is 79.2 Å². The van der Waals surface area contributed by atoms with Crippen molar-refractivity contribution in [2.75, 3.05) is 13.2 Å². The van der Waals surface area contributed by atoms with Gasteiger partial charge in [0, 0.05) is 26.0 Å². The molecule has 17 heavy (non-hydrogen) atoms. The van der Waals surface area contributed by atoms with E-state index in [2.05, 4.69) is 5.10 Å². The lowest BCUT2D eigenvalue weighted by atomic mass is 10.1. The summed E-state index contributed by atoms with van der Waals surface area (Å²) >= 11 is 0. The van der Waals surface area contributed by atoms with Crippen molar-refractivity contribution in [3.63, 3.8) is 0 Å². The molecule has 0 spiro atoms. The molecule has 0 aromatic rings. The number of hydrazone groups is 1. The molecule has 2 heterocycles. The Morgan fingerprint density at radius 3 is 3.00 bits per heavy atom. The summed E-state index contributed by atoms with van der Waals surface area (Å²) in [5.74, 6) is -1.15. The Kier molecular flexibility index (Phi) is 3.73. The summed E-state index contributed by atoms with van der Waals surface area (Å²) in [6, 6.07) is 0. The summed E-state index contributed by atoms with van der Waals surface area (Å²) in [5.41, 5.74) is 0.0666. The van der Waals surface area contributed by atoms with E-state index < -0.39 is 5.97 Å². The number of rotatable bonds is 4. The first-order valence-electron chi connectivity index (χ1n) is 5.89. The van der Waals surface area contributed by atoms with E-state index in [9.17, 15) is 9.59 Å². The van der Waals surface area contributed by atoms with Crippen LogP contribution in [0.4, 0.5) is 0 Å². The van der Waals surface area contributed by atoms with Gasteiger partial charge in [0.05, 0.1) is 6.10 Å². The molecule has 1 saturated heterocycles. The van der Waals surface area contributed by atoms with Gasteiger partial charge in [-0.1, -0.05) is 0 Å². The fourth-order valence-electron chi connectivity index (χ4n) is 2.07. The summed E-state index contributed by atoms with van der Waals surface area (Å²) in [6.45, 7) is 1.22. The highest BCUT2D eigenvalue weighted by Gasteiger charge is 2.25. The van der Waals surface area contributed by atoms with Crippen molar-refractivity contribution in [2.24, 2.45) is 5.10 Å². The van der Waals surface area contributed by atoms with Gasteiger partial charge in [0.2, 0.25) is 5.91 Å². The van der Waals surface area contributed by atoms with Gasteiger partial charge in [-0.3, -0.25) is 4.79 Å². The van der Waals surface area contributed by atoms with Crippen LogP contribution in [0, 0.1) is 0 Å². The van der Waals surface area contributed by atoms with Gasteiger partial charge in [0.25, 0.3) is 0 Å². The van der Waals surface area contributed by atoms with Crippen LogP contribution in [-0.2, 0) is 14.3 Å². The molecule has 2 aliphatic rings. The van der Waals surface area contributed by atoms with Crippen LogP contribution >= 0.6 is 0 Å². The van der Waals surface area contributed by atoms with Crippen LogP contribution in [0.5, 0.6) is 0 Å². The van der Waals surface area contributed by atoms with Gasteiger partial charge >= 0.3 is 5.97 Å². The Balaban J connectivity index is 1.90. The highest BCUT2D eigenvalue weighted by atomic mass is 16.5. The van der Waals surface area contributed by atoms with Gasteiger partial charge in [-0.25, -0.2) is 9.80 Å². The van der Waals surface area contributed by atoms with E-state index in [1.165, 1.54) is 5.01 Å². The summed E-state index contributed by atoms with van der Waals surface area (Å²) in [5, 5.41) is 14.0. The molecule has 94 valence electrons. The summed E-state index contributed by atoms with van der Waals surface area (Å²) in [4.78, 5) is 22.3. The normalized spacial score (nSPS) is 24.9. The van der Waals surface area contributed by atoms with Gasteiger partial charge in [-0.05, 0) is 19.3 Å². The van der Waals surface area contributed by atoms with Gasteiger partial charge in [-0.2, -0.15) is 5.10 Å². The highest BCUT2D eigenvalue weighted by molar-refractivity contribution is 6.36. The van der Waals surface area contributed by atoms with Crippen LogP contribution in [0.3, 0.4) is 0 Å². The first-order chi connectivity index (χ1) is 8.16. The van der Waals surface area contributed by atoms with Crippen molar-refractivity contribution in [1.29, 1.82) is 0 Å². The third kappa shape index (κ3) is 3.03. The molecule has 6 nitrogen and oxygen atoms in total. The molecule has 6 heteroatoms. The number of carbonyl (C=O) groups is 2. The van der Waals surface area contributed by atoms with Crippen molar-refractivity contribution in [3.05, 3.63) is 0 Å². The predicted molar refractivity (Wildman–Crippen MR) is 59.6 cm³/mol. The Bertz CT molecular complexity index is 347. The zero-order chi connectivity index (χ0) is 12.3. The minimum atomic E-state index is -1.04. The Labute approximate surface area is 99.2 Å². The standard InChI is InChI=1S/C11H16N2O4/c14-10-4-3-9(11(15)16)12-13(10)6-5-8-2-1-7-17-8/h8H,1-7H2,(H,15,16). The molecule has 0 radical (unpaired) electrons. The van der Waals surface area contributed by atoms with Crippen LogP contribution in [0.2, 0.25) is 0 Å². The number of carboxylic acids is 1. The monoisotopic (exact) mass is 240 g/mol. The van der Waals surface area contributed by atoms with E-state index in [0.29, 0.717) is 6.54 Å². The molecule has 2 rings (SSSR count). The first-order valence-corrected chi connectivity index (χ1v) is 5.89. The Morgan fingerprint density at radius 2 is 2.35 bits per heavy atom. The van der Waals surface area contributed by atoms with Gasteiger partial charge in [0.15, 0.2) is 0 Å². The lowest BCUT2D eigenvalue weighted by molar-refractivity contribution is -0.133. The van der Waals surface area contributed by atoms with Crippen LogP contribution < -0.4 is 0 Å². The zero-order valence-electron chi connectivity index (χ0n) is 9.59. The third-order valence-corrected chi connectivity index (χ3v) is 3.04. The second-order valence-corrected chi connectivity index (χ2v) is 4.29. The van der Waals surface area contributed by atoms with Crippen LogP contribution in [-0.4, -0.2) is 47.0 Å². The molecular formula is C11H16N2O4. The number of carboxylic acid groups (broad SMARTS) is 1. The predicted octanol–water partition coefficient (Wildman–Crippen LogP) is 0.618. The van der Waals surface area contributed by atoms with Crippen LogP contribution in [0.15, 0.2) is 5.10 Å². The maximum absolute atomic E-state index is 11.6. The molecule has 1 unspecified atom stereocenters. The highest BCUT2D eigenvalue weighted by Crippen LogP contribution is 2.17. The number of hydrogen-bond donors (Lipinski definition) is 1. The lowest BCUT2D eigenvalue weighted by Gasteiger charge is -2.23. The van der Waals surface area contributed by atoms with Crippen molar-refractivity contribution in [2.45, 2.75) is 38.2 Å². The second-order valence-electron chi connectivity index (χ2n) is 4.29. The van der Waals surface area contributed by atoms with E-state index in [4.69, 9.17) is 9.84 Å². The minimum Gasteiger partial charge on any atom is -0.477 e. The van der Waals surface area contributed by atoms with Crippen molar-refractivity contribution in [1.82, 2.24) is 5.01 Å². The molecule has 1 atom stereocenters. The van der Waals surface area contributed by atoms with Crippen LogP contribution in [0.25, 0.3) is 0 Å². The van der Waals surface area contributed by atoms with E-state index >= 15 is 0 Å². The Hall–Kier alpha value is -1.43. The Morgan fingerprint density at radius 1 is 1.53 bits per heavy atom. The van der Waals surface area contributed by atoms with Gasteiger partial charge in [0.1, 0.15) is 5.71 Å². The second kappa shape index (κ2) is 5.27. The average Bonchev–Trinajstić information content (AvgIpc) is 2.80. The number of amides is 1. The molecular weight excluding hydrogens is 224 g/mol. The number of nitrogens with zero attached hydrogens (tertiary/aromatic N) is 2. The minimum absolute atomic E-state index is 0.0666. The lowest BCUT2D eigenvalue weighted by Crippen LogP contribution is -2.35. The van der Waals surface area contributed by atoms with Crippen LogP contribution in [0.1, 0.15) is 32.1 Å². The van der Waals surface area contributed by atoms with E-state index in [1.54, 1.807) is 0 Å². The number of carbonyl (C=O) groups excluding carboxylic acids is 1. The fraction of sp³-hybridized carbons (Fsp3) is 0.727. The average molecular weight is 240 g/mol. The molecule has 1 N–H and O–H groups in total. The molecule has 2 aliphatic heterocycles. The summed E-state index contributed by atoms with van der Waals surface area (Å²) in [7, 11) is 0. The number of hydrogen-bond acceptors (Lipinski definition) is 4. The number of ether oxygens (including phenoxy) is 1. The molecule has 0 saturated carbocycles. The molecule has 0 bridgehead atoms. The SMILES string of the molecule is O=C(O)C1=NN(CCC2CCCO2)C(=O)CC1.